The molecule has 2 aromatic carbocycles. The van der Waals surface area contributed by atoms with E-state index in [1.54, 1.807) is 31.5 Å². The van der Waals surface area contributed by atoms with Gasteiger partial charge in [-0.1, -0.05) is 35.9 Å². The molecule has 0 aliphatic heterocycles. The second kappa shape index (κ2) is 8.30. The summed E-state index contributed by atoms with van der Waals surface area (Å²) in [7, 11) is 1.56. The van der Waals surface area contributed by atoms with Gasteiger partial charge in [0.05, 0.1) is 31.0 Å². The summed E-state index contributed by atoms with van der Waals surface area (Å²) in [5.41, 5.74) is 3.28. The number of benzene rings is 2. The molecule has 0 saturated carbocycles. The molecule has 1 aromatic heterocycles. The van der Waals surface area contributed by atoms with Crippen molar-refractivity contribution in [3.05, 3.63) is 93.2 Å². The summed E-state index contributed by atoms with van der Waals surface area (Å²) in [6, 6.07) is 14.3. The second-order valence-corrected chi connectivity index (χ2v) is 6.27. The maximum absolute atomic E-state index is 12.3. The Morgan fingerprint density at radius 2 is 2.07 bits per heavy atom. The van der Waals surface area contributed by atoms with Crippen molar-refractivity contribution in [1.29, 1.82) is 0 Å². The van der Waals surface area contributed by atoms with E-state index < -0.39 is 4.92 Å². The minimum Gasteiger partial charge on any atom is -0.496 e. The Kier molecular flexibility index (Phi) is 5.64. The van der Waals surface area contributed by atoms with E-state index in [9.17, 15) is 14.9 Å². The zero-order valence-corrected chi connectivity index (χ0v) is 15.5. The van der Waals surface area contributed by atoms with Crippen molar-refractivity contribution < 1.29 is 14.5 Å². The summed E-state index contributed by atoms with van der Waals surface area (Å²) in [4.78, 5) is 22.6. The van der Waals surface area contributed by atoms with Crippen LogP contribution in [0.15, 0.2) is 60.8 Å². The lowest BCUT2D eigenvalue weighted by Gasteiger charge is -2.08. The Hall–Kier alpha value is -3.74. The molecule has 28 heavy (non-hydrogen) atoms. The van der Waals surface area contributed by atoms with E-state index in [4.69, 9.17) is 4.74 Å². The number of nitro groups is 1. The van der Waals surface area contributed by atoms with Crippen molar-refractivity contribution in [1.82, 2.24) is 9.78 Å². The van der Waals surface area contributed by atoms with Gasteiger partial charge in [0.2, 0.25) is 0 Å². The van der Waals surface area contributed by atoms with Gasteiger partial charge in [-0.05, 0) is 41.7 Å². The number of aryl methyl sites for hydroxylation is 1. The molecule has 0 atom stereocenters. The number of carbonyl (C=O) groups excluding carboxylic acids is 1. The van der Waals surface area contributed by atoms with Crippen molar-refractivity contribution in [3.8, 4) is 5.75 Å². The molecule has 0 fully saturated rings. The maximum atomic E-state index is 12.3. The first-order valence-corrected chi connectivity index (χ1v) is 8.60. The molecule has 0 saturated heterocycles. The van der Waals surface area contributed by atoms with E-state index in [0.29, 0.717) is 17.9 Å². The third-order valence-electron chi connectivity index (χ3n) is 4.18. The number of hydrogen-bond donors (Lipinski definition) is 0. The van der Waals surface area contributed by atoms with Crippen molar-refractivity contribution >= 4 is 17.7 Å². The minimum absolute atomic E-state index is 0.0798. The topological polar surface area (TPSA) is 87.3 Å². The molecule has 0 bridgehead atoms. The summed E-state index contributed by atoms with van der Waals surface area (Å²) in [5, 5.41) is 14.7. The van der Waals surface area contributed by atoms with E-state index in [0.717, 1.165) is 16.7 Å². The van der Waals surface area contributed by atoms with Crippen LogP contribution in [-0.2, 0) is 6.54 Å². The standard InChI is InChI=1S/C21H19N3O4/c1-15-4-3-5-17(12-15)19(25)8-6-16-7-9-20(28-2)18(13-16)14-23-11-10-21(22-23)24(26)27/h3-13H,14H2,1-2H3/b8-6+. The predicted molar refractivity (Wildman–Crippen MR) is 106 cm³/mol. The zero-order valence-electron chi connectivity index (χ0n) is 15.5. The lowest BCUT2D eigenvalue weighted by molar-refractivity contribution is -0.389. The van der Waals surface area contributed by atoms with Gasteiger partial charge in [0.1, 0.15) is 5.75 Å². The molecule has 0 aliphatic rings. The number of rotatable bonds is 7. The maximum Gasteiger partial charge on any atom is 0.389 e. The molecule has 7 nitrogen and oxygen atoms in total. The van der Waals surface area contributed by atoms with Gasteiger partial charge in [-0.2, -0.15) is 4.68 Å². The fourth-order valence-corrected chi connectivity index (χ4v) is 2.80. The van der Waals surface area contributed by atoms with Crippen molar-refractivity contribution in [3.63, 3.8) is 0 Å². The zero-order chi connectivity index (χ0) is 20.1. The monoisotopic (exact) mass is 377 g/mol. The van der Waals surface area contributed by atoms with Gasteiger partial charge >= 0.3 is 5.82 Å². The van der Waals surface area contributed by atoms with Crippen molar-refractivity contribution in [2.45, 2.75) is 13.5 Å². The molecule has 3 rings (SSSR count). The Balaban J connectivity index is 1.81. The van der Waals surface area contributed by atoms with Crippen molar-refractivity contribution in [2.75, 3.05) is 7.11 Å². The van der Waals surface area contributed by atoms with Gasteiger partial charge < -0.3 is 14.9 Å². The number of allylic oxidation sites excluding steroid dienone is 1. The van der Waals surface area contributed by atoms with Gasteiger partial charge in [-0.15, -0.1) is 0 Å². The molecule has 1 heterocycles. The predicted octanol–water partition coefficient (Wildman–Crippen LogP) is 4.05. The summed E-state index contributed by atoms with van der Waals surface area (Å²) in [6.07, 6.45) is 4.81. The highest BCUT2D eigenvalue weighted by Crippen LogP contribution is 2.22. The van der Waals surface area contributed by atoms with Crippen LogP contribution in [0.5, 0.6) is 5.75 Å². The van der Waals surface area contributed by atoms with E-state index >= 15 is 0 Å². The first-order chi connectivity index (χ1) is 13.5. The van der Waals surface area contributed by atoms with Crippen LogP contribution in [0.3, 0.4) is 0 Å². The number of aromatic nitrogens is 2. The van der Waals surface area contributed by atoms with E-state index in [-0.39, 0.29) is 11.6 Å². The summed E-state index contributed by atoms with van der Waals surface area (Å²) in [6.45, 7) is 2.25. The average molecular weight is 377 g/mol. The highest BCUT2D eigenvalue weighted by molar-refractivity contribution is 6.06. The lowest BCUT2D eigenvalue weighted by atomic mass is 10.1. The van der Waals surface area contributed by atoms with Gasteiger partial charge in [-0.25, -0.2) is 0 Å². The molecule has 7 heteroatoms. The third-order valence-corrected chi connectivity index (χ3v) is 4.18. The van der Waals surface area contributed by atoms with E-state index in [1.165, 1.54) is 16.8 Å². The number of methoxy groups -OCH3 is 1. The van der Waals surface area contributed by atoms with Crippen LogP contribution < -0.4 is 4.74 Å². The van der Waals surface area contributed by atoms with Crippen LogP contribution in [0.25, 0.3) is 6.08 Å². The van der Waals surface area contributed by atoms with Gasteiger partial charge in [0, 0.05) is 11.1 Å². The number of carbonyl (C=O) groups is 1. The van der Waals surface area contributed by atoms with Crippen molar-refractivity contribution in [2.24, 2.45) is 0 Å². The largest absolute Gasteiger partial charge is 0.496 e. The molecular weight excluding hydrogens is 358 g/mol. The van der Waals surface area contributed by atoms with Crippen LogP contribution in [0.1, 0.15) is 27.0 Å². The summed E-state index contributed by atoms with van der Waals surface area (Å²) < 4.78 is 6.84. The number of nitrogens with zero attached hydrogens (tertiary/aromatic N) is 3. The molecule has 0 radical (unpaired) electrons. The molecule has 3 aromatic rings. The molecule has 0 aliphatic carbocycles. The third kappa shape index (κ3) is 4.50. The molecule has 0 unspecified atom stereocenters. The highest BCUT2D eigenvalue weighted by atomic mass is 16.6. The number of ketones is 1. The molecule has 0 spiro atoms. The summed E-state index contributed by atoms with van der Waals surface area (Å²) >= 11 is 0. The molecule has 0 N–H and O–H groups in total. The quantitative estimate of drug-likeness (QED) is 0.268. The van der Waals surface area contributed by atoms with Gasteiger partial charge in [0.15, 0.2) is 5.78 Å². The van der Waals surface area contributed by atoms with E-state index in [1.807, 2.05) is 37.3 Å². The second-order valence-electron chi connectivity index (χ2n) is 6.27. The first-order valence-electron chi connectivity index (χ1n) is 8.60. The Labute approximate surface area is 162 Å². The van der Waals surface area contributed by atoms with Gasteiger partial charge in [0.25, 0.3) is 0 Å². The average Bonchev–Trinajstić information content (AvgIpc) is 3.15. The molecule has 142 valence electrons. The Morgan fingerprint density at radius 3 is 2.75 bits per heavy atom. The normalized spacial score (nSPS) is 10.9. The fraction of sp³-hybridized carbons (Fsp3) is 0.143. The van der Waals surface area contributed by atoms with E-state index in [2.05, 4.69) is 5.10 Å². The molecular formula is C21H19N3O4. The fourth-order valence-electron chi connectivity index (χ4n) is 2.80. The SMILES string of the molecule is COc1ccc(/C=C/C(=O)c2cccc(C)c2)cc1Cn1ccc([N+](=O)[O-])n1. The van der Waals surface area contributed by atoms with Crippen LogP contribution in [0.2, 0.25) is 0 Å². The highest BCUT2D eigenvalue weighted by Gasteiger charge is 2.13. The van der Waals surface area contributed by atoms with Crippen LogP contribution in [-0.4, -0.2) is 27.6 Å². The van der Waals surface area contributed by atoms with Crippen LogP contribution >= 0.6 is 0 Å². The number of ether oxygens (including phenoxy) is 1. The first kappa shape index (κ1) is 19.0. The molecule has 0 amide bonds. The smallest absolute Gasteiger partial charge is 0.389 e. The summed E-state index contributed by atoms with van der Waals surface area (Å²) in [5.74, 6) is 0.350. The van der Waals surface area contributed by atoms with Crippen LogP contribution in [0, 0.1) is 17.0 Å². The minimum atomic E-state index is -0.538. The Bertz CT molecular complexity index is 1050. The Morgan fingerprint density at radius 1 is 1.25 bits per heavy atom. The number of hydrogen-bond acceptors (Lipinski definition) is 5. The van der Waals surface area contributed by atoms with Gasteiger partial charge in [-0.3, -0.25) is 4.79 Å². The van der Waals surface area contributed by atoms with Crippen LogP contribution in [0.4, 0.5) is 5.82 Å². The lowest BCUT2D eigenvalue weighted by Crippen LogP contribution is -2.03.